The van der Waals surface area contributed by atoms with Crippen molar-refractivity contribution in [1.29, 1.82) is 0 Å². The van der Waals surface area contributed by atoms with Crippen LogP contribution in [0.3, 0.4) is 0 Å². The van der Waals surface area contributed by atoms with Gasteiger partial charge in [-0.1, -0.05) is 45.0 Å². The molecule has 0 atom stereocenters. The van der Waals surface area contributed by atoms with Gasteiger partial charge in [0.15, 0.2) is 0 Å². The summed E-state index contributed by atoms with van der Waals surface area (Å²) in [6.45, 7) is 11.1. The van der Waals surface area contributed by atoms with Crippen LogP contribution >= 0.6 is 0 Å². The van der Waals surface area contributed by atoms with Crippen LogP contribution in [0.15, 0.2) is 30.3 Å². The Labute approximate surface area is 112 Å². The Kier molecular flexibility index (Phi) is 3.49. The molecule has 0 aliphatic carbocycles. The summed E-state index contributed by atoms with van der Waals surface area (Å²) in [4.78, 5) is 0. The summed E-state index contributed by atoms with van der Waals surface area (Å²) in [5.41, 5.74) is 1.54. The molecule has 0 aromatic heterocycles. The van der Waals surface area contributed by atoms with Crippen molar-refractivity contribution in [2.75, 3.05) is 0 Å². The van der Waals surface area contributed by atoms with Gasteiger partial charge in [0.1, 0.15) is 5.75 Å². The molecule has 0 saturated heterocycles. The van der Waals surface area contributed by atoms with Crippen LogP contribution < -0.4 is 4.43 Å². The molecular formula is C16H21OSi. The van der Waals surface area contributed by atoms with Gasteiger partial charge in [0.05, 0.1) is 0 Å². The molecule has 0 spiro atoms. The first-order valence-electron chi connectivity index (χ1n) is 6.49. The topological polar surface area (TPSA) is 9.23 Å². The van der Waals surface area contributed by atoms with Crippen LogP contribution in [0.2, 0.25) is 13.1 Å². The molecule has 95 valence electrons. The molecule has 1 radical (unpaired) electrons. The van der Waals surface area contributed by atoms with Crippen molar-refractivity contribution in [3.8, 4) is 5.75 Å². The molecule has 18 heavy (non-hydrogen) atoms. The standard InChI is InChI=1S/C16H21OSi/c1-16(2,3)13-9-10-14-12(11-13)7-6-8-15(14)17-18(4)5/h6-7,9-11,18H,1-5H3. The lowest BCUT2D eigenvalue weighted by molar-refractivity contribution is 0.584. The Bertz CT molecular complexity index is 553. The molecule has 0 aliphatic heterocycles. The molecule has 0 N–H and O–H groups in total. The molecular weight excluding hydrogens is 236 g/mol. The van der Waals surface area contributed by atoms with Crippen LogP contribution in [0.1, 0.15) is 26.3 Å². The van der Waals surface area contributed by atoms with Gasteiger partial charge in [-0.2, -0.15) is 0 Å². The zero-order valence-electron chi connectivity index (χ0n) is 11.9. The summed E-state index contributed by atoms with van der Waals surface area (Å²) < 4.78 is 5.94. The van der Waals surface area contributed by atoms with Gasteiger partial charge in [-0.05, 0) is 35.5 Å². The maximum Gasteiger partial charge on any atom is 0.229 e. The fourth-order valence-electron chi connectivity index (χ4n) is 1.99. The molecule has 0 heterocycles. The predicted molar refractivity (Wildman–Crippen MR) is 81.0 cm³/mol. The number of hydrogen-bond acceptors (Lipinski definition) is 1. The van der Waals surface area contributed by atoms with E-state index >= 15 is 0 Å². The second-order valence-corrected chi connectivity index (χ2v) is 8.36. The van der Waals surface area contributed by atoms with Gasteiger partial charge >= 0.3 is 0 Å². The SMILES string of the molecule is C[SiH](C)Oc1[c]ccc2cc(C(C)(C)C)ccc12. The third kappa shape index (κ3) is 2.75. The van der Waals surface area contributed by atoms with Crippen LogP contribution in [0, 0.1) is 6.07 Å². The normalized spacial score (nSPS) is 12.1. The van der Waals surface area contributed by atoms with Gasteiger partial charge in [-0.25, -0.2) is 0 Å². The molecule has 0 unspecified atom stereocenters. The quantitative estimate of drug-likeness (QED) is 0.729. The van der Waals surface area contributed by atoms with Gasteiger partial charge in [0, 0.05) is 11.5 Å². The van der Waals surface area contributed by atoms with Crippen LogP contribution in [0.25, 0.3) is 10.8 Å². The van der Waals surface area contributed by atoms with E-state index in [2.05, 4.69) is 64.2 Å². The molecule has 0 aliphatic rings. The minimum absolute atomic E-state index is 0.182. The number of rotatable bonds is 2. The first-order valence-corrected chi connectivity index (χ1v) is 9.27. The van der Waals surface area contributed by atoms with E-state index in [0.717, 1.165) is 5.75 Å². The minimum Gasteiger partial charge on any atom is -0.546 e. The Morgan fingerprint density at radius 1 is 1.11 bits per heavy atom. The minimum atomic E-state index is -1.08. The highest BCUT2D eigenvalue weighted by atomic mass is 28.3. The predicted octanol–water partition coefficient (Wildman–Crippen LogP) is 4.30. The maximum absolute atomic E-state index is 5.94. The maximum atomic E-state index is 5.94. The van der Waals surface area contributed by atoms with Crippen molar-refractivity contribution < 1.29 is 4.43 Å². The fraction of sp³-hybridized carbons (Fsp3) is 0.375. The lowest BCUT2D eigenvalue weighted by atomic mass is 9.86. The van der Waals surface area contributed by atoms with Gasteiger partial charge in [0.25, 0.3) is 0 Å². The highest BCUT2D eigenvalue weighted by molar-refractivity contribution is 6.49. The molecule has 2 aromatic carbocycles. The highest BCUT2D eigenvalue weighted by Gasteiger charge is 2.14. The van der Waals surface area contributed by atoms with Gasteiger partial charge < -0.3 is 4.43 Å². The molecule has 2 aromatic rings. The second-order valence-electron chi connectivity index (χ2n) is 6.03. The molecule has 0 bridgehead atoms. The molecule has 2 heteroatoms. The van der Waals surface area contributed by atoms with E-state index in [0.29, 0.717) is 0 Å². The largest absolute Gasteiger partial charge is 0.546 e. The zero-order valence-corrected chi connectivity index (χ0v) is 13.0. The third-order valence-corrected chi connectivity index (χ3v) is 3.70. The van der Waals surface area contributed by atoms with E-state index in [1.807, 2.05) is 6.07 Å². The van der Waals surface area contributed by atoms with Gasteiger partial charge in [-0.15, -0.1) is 0 Å². The van der Waals surface area contributed by atoms with E-state index in [1.165, 1.54) is 16.3 Å². The summed E-state index contributed by atoms with van der Waals surface area (Å²) in [5, 5.41) is 2.41. The van der Waals surface area contributed by atoms with Crippen molar-refractivity contribution in [1.82, 2.24) is 0 Å². The smallest absolute Gasteiger partial charge is 0.229 e. The number of fused-ring (bicyclic) bond motifs is 1. The molecule has 2 rings (SSSR count). The average Bonchev–Trinajstić information content (AvgIpc) is 2.27. The Hall–Kier alpha value is -1.28. The molecule has 0 amide bonds. The summed E-state index contributed by atoms with van der Waals surface area (Å²) in [5.74, 6) is 0.912. The van der Waals surface area contributed by atoms with Crippen molar-refractivity contribution in [3.63, 3.8) is 0 Å². The Balaban J connectivity index is 2.53. The number of hydrogen-bond donors (Lipinski definition) is 0. The summed E-state index contributed by atoms with van der Waals surface area (Å²) >= 11 is 0. The van der Waals surface area contributed by atoms with E-state index in [-0.39, 0.29) is 5.41 Å². The van der Waals surface area contributed by atoms with Crippen molar-refractivity contribution >= 4 is 19.8 Å². The van der Waals surface area contributed by atoms with Crippen molar-refractivity contribution in [2.45, 2.75) is 39.3 Å². The third-order valence-electron chi connectivity index (χ3n) is 2.99. The van der Waals surface area contributed by atoms with E-state index in [1.54, 1.807) is 0 Å². The van der Waals surface area contributed by atoms with Crippen LogP contribution in [-0.4, -0.2) is 9.04 Å². The molecule has 1 nitrogen and oxygen atoms in total. The summed E-state index contributed by atoms with van der Waals surface area (Å²) in [6, 6.07) is 13.9. The van der Waals surface area contributed by atoms with E-state index < -0.39 is 9.04 Å². The van der Waals surface area contributed by atoms with Crippen molar-refractivity contribution in [2.24, 2.45) is 0 Å². The van der Waals surface area contributed by atoms with E-state index in [9.17, 15) is 0 Å². The fourth-order valence-corrected chi connectivity index (χ4v) is 2.66. The Morgan fingerprint density at radius 2 is 1.83 bits per heavy atom. The van der Waals surface area contributed by atoms with Crippen LogP contribution in [0.4, 0.5) is 0 Å². The average molecular weight is 257 g/mol. The second kappa shape index (κ2) is 4.77. The number of benzene rings is 2. The van der Waals surface area contributed by atoms with Gasteiger partial charge in [-0.3, -0.25) is 0 Å². The summed E-state index contributed by atoms with van der Waals surface area (Å²) in [7, 11) is -1.08. The van der Waals surface area contributed by atoms with Gasteiger partial charge in [0.2, 0.25) is 9.04 Å². The zero-order chi connectivity index (χ0) is 13.3. The van der Waals surface area contributed by atoms with Crippen LogP contribution in [0.5, 0.6) is 5.75 Å². The Morgan fingerprint density at radius 3 is 2.44 bits per heavy atom. The van der Waals surface area contributed by atoms with Crippen molar-refractivity contribution in [3.05, 3.63) is 42.0 Å². The lowest BCUT2D eigenvalue weighted by Gasteiger charge is -2.20. The van der Waals surface area contributed by atoms with Crippen LogP contribution in [-0.2, 0) is 5.41 Å². The first kappa shape index (κ1) is 13.2. The monoisotopic (exact) mass is 257 g/mol. The molecule has 0 fully saturated rings. The first-order chi connectivity index (χ1) is 8.38. The van der Waals surface area contributed by atoms with E-state index in [4.69, 9.17) is 4.43 Å². The summed E-state index contributed by atoms with van der Waals surface area (Å²) in [6.07, 6.45) is 0. The lowest BCUT2D eigenvalue weighted by Crippen LogP contribution is -2.12. The molecule has 0 saturated carbocycles. The highest BCUT2D eigenvalue weighted by Crippen LogP contribution is 2.30.